The van der Waals surface area contributed by atoms with Crippen molar-refractivity contribution in [3.63, 3.8) is 0 Å². The molecular formula is C18H25N5O3. The van der Waals surface area contributed by atoms with Gasteiger partial charge in [0, 0.05) is 26.8 Å². The number of carboxylic acid groups (broad SMARTS) is 1. The van der Waals surface area contributed by atoms with Gasteiger partial charge in [-0.05, 0) is 42.2 Å². The molecule has 8 heteroatoms. The number of rotatable bonds is 7. The molecule has 2 aromatic rings. The van der Waals surface area contributed by atoms with Crippen LogP contribution in [0.25, 0.3) is 0 Å². The topological polar surface area (TPSA) is 93.4 Å². The number of nitrogens with zero attached hydrogens (tertiary/aromatic N) is 5. The number of tetrazole rings is 1. The highest BCUT2D eigenvalue weighted by atomic mass is 16.5. The van der Waals surface area contributed by atoms with Gasteiger partial charge in [-0.25, -0.2) is 4.68 Å². The zero-order chi connectivity index (χ0) is 18.6. The van der Waals surface area contributed by atoms with Crippen LogP contribution >= 0.6 is 0 Å². The molecule has 0 aliphatic carbocycles. The Balaban J connectivity index is 1.75. The van der Waals surface area contributed by atoms with Crippen LogP contribution in [0.2, 0.25) is 0 Å². The van der Waals surface area contributed by atoms with E-state index in [4.69, 9.17) is 4.74 Å². The summed E-state index contributed by atoms with van der Waals surface area (Å²) in [6, 6.07) is 10.1. The molecule has 26 heavy (non-hydrogen) atoms. The Labute approximate surface area is 152 Å². The van der Waals surface area contributed by atoms with Gasteiger partial charge in [-0.15, -0.1) is 0 Å². The van der Waals surface area contributed by atoms with Crippen LogP contribution in [-0.4, -0.2) is 58.1 Å². The first kappa shape index (κ1) is 18.3. The molecule has 1 atom stereocenters. The lowest BCUT2D eigenvalue weighted by Gasteiger charge is -2.39. The number of carbonyl (C=O) groups is 1. The highest BCUT2D eigenvalue weighted by Crippen LogP contribution is 2.37. The maximum Gasteiger partial charge on any atom is 0.309 e. The first-order valence-corrected chi connectivity index (χ1v) is 8.87. The van der Waals surface area contributed by atoms with Gasteiger partial charge < -0.3 is 14.7 Å². The Kier molecular flexibility index (Phi) is 5.51. The summed E-state index contributed by atoms with van der Waals surface area (Å²) in [5, 5.41) is 21.9. The van der Waals surface area contributed by atoms with Crippen LogP contribution in [-0.2, 0) is 9.53 Å². The number of aromatic nitrogens is 4. The second-order valence-electron chi connectivity index (χ2n) is 6.83. The molecule has 1 aromatic carbocycles. The van der Waals surface area contributed by atoms with Crippen LogP contribution < -0.4 is 4.90 Å². The van der Waals surface area contributed by atoms with Crippen LogP contribution in [0.4, 0.5) is 5.95 Å². The smallest absolute Gasteiger partial charge is 0.309 e. The van der Waals surface area contributed by atoms with E-state index in [0.29, 0.717) is 44.9 Å². The van der Waals surface area contributed by atoms with Crippen molar-refractivity contribution in [1.29, 1.82) is 0 Å². The maximum absolute atomic E-state index is 11.8. The molecule has 8 nitrogen and oxygen atoms in total. The minimum atomic E-state index is -0.744. The number of ether oxygens (including phenoxy) is 1. The van der Waals surface area contributed by atoms with E-state index in [1.165, 1.54) is 0 Å². The van der Waals surface area contributed by atoms with Crippen molar-refractivity contribution >= 4 is 11.9 Å². The van der Waals surface area contributed by atoms with Crippen LogP contribution in [0.3, 0.4) is 0 Å². The number of hydrogen-bond donors (Lipinski definition) is 1. The van der Waals surface area contributed by atoms with Crippen molar-refractivity contribution in [2.45, 2.75) is 32.2 Å². The zero-order valence-electron chi connectivity index (χ0n) is 15.2. The minimum Gasteiger partial charge on any atom is -0.481 e. The van der Waals surface area contributed by atoms with E-state index in [-0.39, 0.29) is 6.04 Å². The molecule has 0 radical (unpaired) electrons. The average Bonchev–Trinajstić information content (AvgIpc) is 3.16. The van der Waals surface area contributed by atoms with Gasteiger partial charge in [0.2, 0.25) is 5.95 Å². The van der Waals surface area contributed by atoms with Gasteiger partial charge in [0.15, 0.2) is 0 Å². The summed E-state index contributed by atoms with van der Waals surface area (Å²) in [4.78, 5) is 13.9. The predicted molar refractivity (Wildman–Crippen MR) is 96.1 cm³/mol. The third-order valence-electron chi connectivity index (χ3n) is 5.37. The van der Waals surface area contributed by atoms with Crippen molar-refractivity contribution in [2.75, 3.05) is 31.7 Å². The number of methoxy groups -OCH3 is 1. The van der Waals surface area contributed by atoms with Crippen molar-refractivity contribution in [3.8, 4) is 0 Å². The molecule has 1 aliphatic heterocycles. The SMILES string of the molecule is COCCC1(C(=O)O)CCN(c2nnnn2C(C)c2ccccc2)CC1. The second kappa shape index (κ2) is 7.82. The zero-order valence-corrected chi connectivity index (χ0v) is 15.2. The fraction of sp³-hybridized carbons (Fsp3) is 0.556. The number of piperidine rings is 1. The lowest BCUT2D eigenvalue weighted by Crippen LogP contribution is -2.46. The molecule has 3 rings (SSSR count). The molecule has 1 fully saturated rings. The summed E-state index contributed by atoms with van der Waals surface area (Å²) in [7, 11) is 1.60. The normalized spacial score (nSPS) is 17.8. The summed E-state index contributed by atoms with van der Waals surface area (Å²) in [6.45, 7) is 3.73. The highest BCUT2D eigenvalue weighted by molar-refractivity contribution is 5.75. The Hall–Kier alpha value is -2.48. The first-order valence-electron chi connectivity index (χ1n) is 8.87. The van der Waals surface area contributed by atoms with Crippen molar-refractivity contribution in [2.24, 2.45) is 5.41 Å². The van der Waals surface area contributed by atoms with Crippen LogP contribution in [0, 0.1) is 5.41 Å². The van der Waals surface area contributed by atoms with Gasteiger partial charge in [-0.3, -0.25) is 4.79 Å². The highest BCUT2D eigenvalue weighted by Gasteiger charge is 2.42. The molecule has 0 amide bonds. The lowest BCUT2D eigenvalue weighted by molar-refractivity contribution is -0.151. The third kappa shape index (κ3) is 3.55. The summed E-state index contributed by atoms with van der Waals surface area (Å²) < 4.78 is 6.91. The van der Waals surface area contributed by atoms with Gasteiger partial charge in [0.05, 0.1) is 11.5 Å². The van der Waals surface area contributed by atoms with E-state index < -0.39 is 11.4 Å². The Morgan fingerprint density at radius 3 is 2.62 bits per heavy atom. The Bertz CT molecular complexity index is 725. The second-order valence-corrected chi connectivity index (χ2v) is 6.83. The summed E-state index contributed by atoms with van der Waals surface area (Å²) >= 11 is 0. The van der Waals surface area contributed by atoms with Gasteiger partial charge in [0.1, 0.15) is 0 Å². The summed E-state index contributed by atoms with van der Waals surface area (Å²) in [5.74, 6) is -0.0569. The largest absolute Gasteiger partial charge is 0.481 e. The molecule has 1 aliphatic rings. The number of aliphatic carboxylic acids is 1. The molecule has 1 saturated heterocycles. The molecule has 0 saturated carbocycles. The Morgan fingerprint density at radius 2 is 2.00 bits per heavy atom. The molecule has 1 unspecified atom stereocenters. The van der Waals surface area contributed by atoms with Gasteiger partial charge in [-0.1, -0.05) is 35.4 Å². The lowest BCUT2D eigenvalue weighted by atomic mass is 9.76. The standard InChI is InChI=1S/C18H25N5O3/c1-14(15-6-4-3-5-7-15)23-17(19-20-21-23)22-11-8-18(9-12-22,16(24)25)10-13-26-2/h3-7,14H,8-13H2,1-2H3,(H,24,25). The van der Waals surface area contributed by atoms with E-state index >= 15 is 0 Å². The number of anilines is 1. The van der Waals surface area contributed by atoms with E-state index in [9.17, 15) is 9.90 Å². The van der Waals surface area contributed by atoms with Gasteiger partial charge >= 0.3 is 5.97 Å². The van der Waals surface area contributed by atoms with Gasteiger partial charge in [-0.2, -0.15) is 0 Å². The van der Waals surface area contributed by atoms with E-state index in [2.05, 4.69) is 27.3 Å². The number of carboxylic acids is 1. The molecule has 140 valence electrons. The van der Waals surface area contributed by atoms with Crippen molar-refractivity contribution in [3.05, 3.63) is 35.9 Å². The molecule has 1 aromatic heterocycles. The third-order valence-corrected chi connectivity index (χ3v) is 5.37. The first-order chi connectivity index (χ1) is 12.6. The fourth-order valence-electron chi connectivity index (χ4n) is 3.52. The molecule has 0 spiro atoms. The van der Waals surface area contributed by atoms with Crippen molar-refractivity contribution in [1.82, 2.24) is 20.2 Å². The maximum atomic E-state index is 11.8. The van der Waals surface area contributed by atoms with E-state index in [0.717, 1.165) is 5.56 Å². The number of benzene rings is 1. The van der Waals surface area contributed by atoms with E-state index in [1.807, 2.05) is 30.3 Å². The predicted octanol–water partition coefficient (Wildman–Crippen LogP) is 1.99. The molecule has 1 N–H and O–H groups in total. The van der Waals surface area contributed by atoms with Crippen LogP contribution in [0.1, 0.15) is 37.8 Å². The summed E-state index contributed by atoms with van der Waals surface area (Å²) in [5.41, 5.74) is 0.397. The quantitative estimate of drug-likeness (QED) is 0.808. The molecule has 0 bridgehead atoms. The van der Waals surface area contributed by atoms with Crippen LogP contribution in [0.5, 0.6) is 0 Å². The van der Waals surface area contributed by atoms with Crippen molar-refractivity contribution < 1.29 is 14.6 Å². The van der Waals surface area contributed by atoms with Gasteiger partial charge in [0.25, 0.3) is 0 Å². The monoisotopic (exact) mass is 359 g/mol. The molecule has 2 heterocycles. The van der Waals surface area contributed by atoms with E-state index in [1.54, 1.807) is 11.8 Å². The van der Waals surface area contributed by atoms with Crippen LogP contribution in [0.15, 0.2) is 30.3 Å². The molecular weight excluding hydrogens is 334 g/mol. The minimum absolute atomic E-state index is 0.000786. The summed E-state index contributed by atoms with van der Waals surface area (Å²) in [6.07, 6.45) is 1.63. The fourth-order valence-corrected chi connectivity index (χ4v) is 3.52. The average molecular weight is 359 g/mol. The number of hydrogen-bond acceptors (Lipinski definition) is 6. The Morgan fingerprint density at radius 1 is 1.31 bits per heavy atom.